The summed E-state index contributed by atoms with van der Waals surface area (Å²) in [5, 5.41) is 24.7. The summed E-state index contributed by atoms with van der Waals surface area (Å²) in [5.74, 6) is 1.64. The highest BCUT2D eigenvalue weighted by atomic mass is 32.1. The molecule has 1 aromatic heterocycles. The van der Waals surface area contributed by atoms with Crippen LogP contribution in [0.4, 0.5) is 0 Å². The predicted molar refractivity (Wildman–Crippen MR) is 141 cm³/mol. The maximum absolute atomic E-state index is 8.84. The highest BCUT2D eigenvalue weighted by Gasteiger charge is 2.13. The van der Waals surface area contributed by atoms with Crippen molar-refractivity contribution in [2.24, 2.45) is 0 Å². The van der Waals surface area contributed by atoms with Crippen molar-refractivity contribution in [3.63, 3.8) is 0 Å². The first-order chi connectivity index (χ1) is 17.3. The summed E-state index contributed by atoms with van der Waals surface area (Å²) in [6.45, 7) is 2.45. The van der Waals surface area contributed by atoms with Gasteiger partial charge in [-0.1, -0.05) is 30.3 Å². The molecule has 0 radical (unpaired) electrons. The molecule has 0 fully saturated rings. The molecule has 1 heterocycles. The van der Waals surface area contributed by atoms with Crippen LogP contribution in [-0.4, -0.2) is 63.1 Å². The topological polar surface area (TPSA) is 77.4 Å². The van der Waals surface area contributed by atoms with Crippen molar-refractivity contribution in [2.45, 2.75) is 0 Å². The van der Waals surface area contributed by atoms with E-state index in [9.17, 15) is 0 Å². The molecule has 5 rings (SSSR count). The van der Waals surface area contributed by atoms with E-state index in [1.807, 2.05) is 18.2 Å². The third kappa shape index (κ3) is 5.05. The van der Waals surface area contributed by atoms with Crippen LogP contribution in [0.2, 0.25) is 0 Å². The number of fused-ring (bicyclic) bond motifs is 7. The van der Waals surface area contributed by atoms with Gasteiger partial charge in [-0.15, -0.1) is 11.3 Å². The van der Waals surface area contributed by atoms with Crippen LogP contribution in [0.3, 0.4) is 0 Å². The molecule has 0 unspecified atom stereocenters. The van der Waals surface area contributed by atoms with E-state index in [1.165, 1.54) is 30.9 Å². The first-order valence-corrected chi connectivity index (χ1v) is 12.6. The molecular formula is C28H28O6S. The van der Waals surface area contributed by atoms with Crippen molar-refractivity contribution in [3.8, 4) is 11.5 Å². The first-order valence-electron chi connectivity index (χ1n) is 11.7. The van der Waals surface area contributed by atoms with Gasteiger partial charge >= 0.3 is 0 Å². The Kier molecular flexibility index (Phi) is 7.61. The van der Waals surface area contributed by atoms with Crippen molar-refractivity contribution in [2.75, 3.05) is 52.9 Å². The second-order valence-corrected chi connectivity index (χ2v) is 9.14. The number of hydrogen-bond donors (Lipinski definition) is 2. The lowest BCUT2D eigenvalue weighted by molar-refractivity contribution is 0.0705. The largest absolute Gasteiger partial charge is 0.491 e. The Hall–Kier alpha value is -2.94. The zero-order valence-corrected chi connectivity index (χ0v) is 20.2. The van der Waals surface area contributed by atoms with Crippen molar-refractivity contribution in [1.29, 1.82) is 0 Å². The lowest BCUT2D eigenvalue weighted by Gasteiger charge is -2.10. The summed E-state index contributed by atoms with van der Waals surface area (Å²) in [6, 6.07) is 21.0. The summed E-state index contributed by atoms with van der Waals surface area (Å²) < 4.78 is 24.9. The van der Waals surface area contributed by atoms with E-state index in [0.29, 0.717) is 39.6 Å². The molecule has 182 valence electrons. The fourth-order valence-corrected chi connectivity index (χ4v) is 5.59. The van der Waals surface area contributed by atoms with E-state index in [2.05, 4.69) is 42.5 Å². The van der Waals surface area contributed by atoms with Crippen LogP contribution < -0.4 is 9.47 Å². The smallest absolute Gasteiger partial charge is 0.127 e. The molecule has 0 spiro atoms. The number of benzene rings is 4. The minimum absolute atomic E-state index is 0.0155. The van der Waals surface area contributed by atoms with Gasteiger partial charge in [0, 0.05) is 30.9 Å². The maximum Gasteiger partial charge on any atom is 0.127 e. The molecule has 35 heavy (non-hydrogen) atoms. The average molecular weight is 493 g/mol. The van der Waals surface area contributed by atoms with Crippen molar-refractivity contribution in [3.05, 3.63) is 60.7 Å². The van der Waals surface area contributed by atoms with Crippen LogP contribution in [0.25, 0.3) is 41.7 Å². The molecule has 0 bridgehead atoms. The second-order valence-electron chi connectivity index (χ2n) is 8.09. The molecule has 0 atom stereocenters. The third-order valence-electron chi connectivity index (χ3n) is 5.86. The molecule has 0 aliphatic heterocycles. The molecule has 2 N–H and O–H groups in total. The lowest BCUT2D eigenvalue weighted by Crippen LogP contribution is -2.09. The van der Waals surface area contributed by atoms with E-state index in [-0.39, 0.29) is 13.2 Å². The molecule has 0 aliphatic carbocycles. The summed E-state index contributed by atoms with van der Waals surface area (Å²) in [4.78, 5) is 0. The minimum atomic E-state index is 0.0155. The Bertz CT molecular complexity index is 1440. The van der Waals surface area contributed by atoms with Crippen LogP contribution in [0.5, 0.6) is 11.5 Å². The van der Waals surface area contributed by atoms with Gasteiger partial charge in [0.25, 0.3) is 0 Å². The first kappa shape index (κ1) is 23.8. The molecule has 0 amide bonds. The standard InChI is InChI=1S/C28H28O6S/c29-10-12-31-14-16-33-20-5-6-21-19(18-20)4-9-26-27(21)24-8-7-22-23(28(24)35-26)2-1-3-25(22)34-17-15-32-13-11-30/h1-9,18,29-30H,10-17H2. The molecular weight excluding hydrogens is 464 g/mol. The van der Waals surface area contributed by atoms with Gasteiger partial charge in [0.15, 0.2) is 0 Å². The number of rotatable bonds is 12. The lowest BCUT2D eigenvalue weighted by atomic mass is 10.0. The summed E-state index contributed by atoms with van der Waals surface area (Å²) >= 11 is 1.80. The highest BCUT2D eigenvalue weighted by Crippen LogP contribution is 2.43. The Morgan fingerprint density at radius 1 is 0.629 bits per heavy atom. The Morgan fingerprint density at radius 3 is 2.17 bits per heavy atom. The number of thiophene rings is 1. The van der Waals surface area contributed by atoms with Gasteiger partial charge < -0.3 is 29.2 Å². The van der Waals surface area contributed by atoms with Gasteiger partial charge in [0.05, 0.1) is 39.6 Å². The predicted octanol–water partition coefficient (Wildman–Crippen LogP) is 5.14. The van der Waals surface area contributed by atoms with Crippen LogP contribution >= 0.6 is 11.3 Å². The van der Waals surface area contributed by atoms with Gasteiger partial charge in [-0.05, 0) is 41.1 Å². The van der Waals surface area contributed by atoms with Crippen molar-refractivity contribution >= 4 is 53.1 Å². The van der Waals surface area contributed by atoms with Gasteiger partial charge in [0.2, 0.25) is 0 Å². The van der Waals surface area contributed by atoms with E-state index in [0.717, 1.165) is 22.3 Å². The fraction of sp³-hybridized carbons (Fsp3) is 0.286. The summed E-state index contributed by atoms with van der Waals surface area (Å²) in [5.41, 5.74) is 0. The van der Waals surface area contributed by atoms with E-state index in [4.69, 9.17) is 29.2 Å². The number of ether oxygens (including phenoxy) is 4. The number of hydrogen-bond acceptors (Lipinski definition) is 7. The molecule has 0 aliphatic rings. The Labute approximate surface area is 207 Å². The number of aliphatic hydroxyl groups excluding tert-OH is 2. The molecule has 0 saturated heterocycles. The average Bonchev–Trinajstić information content (AvgIpc) is 3.28. The van der Waals surface area contributed by atoms with Gasteiger partial charge in [-0.3, -0.25) is 0 Å². The molecule has 4 aromatic carbocycles. The number of aliphatic hydroxyl groups is 2. The molecule has 6 nitrogen and oxygen atoms in total. The van der Waals surface area contributed by atoms with E-state index < -0.39 is 0 Å². The monoisotopic (exact) mass is 492 g/mol. The second kappa shape index (κ2) is 11.2. The van der Waals surface area contributed by atoms with Crippen LogP contribution in [0, 0.1) is 0 Å². The van der Waals surface area contributed by atoms with Crippen LogP contribution in [-0.2, 0) is 9.47 Å². The maximum atomic E-state index is 8.84. The normalized spacial score (nSPS) is 11.7. The molecule has 0 saturated carbocycles. The van der Waals surface area contributed by atoms with Crippen LogP contribution in [0.15, 0.2) is 60.7 Å². The Morgan fingerprint density at radius 2 is 1.37 bits per heavy atom. The van der Waals surface area contributed by atoms with Crippen LogP contribution in [0.1, 0.15) is 0 Å². The van der Waals surface area contributed by atoms with Gasteiger partial charge in [0.1, 0.15) is 24.7 Å². The van der Waals surface area contributed by atoms with Gasteiger partial charge in [-0.25, -0.2) is 0 Å². The summed E-state index contributed by atoms with van der Waals surface area (Å²) in [7, 11) is 0. The highest BCUT2D eigenvalue weighted by molar-refractivity contribution is 7.26. The van der Waals surface area contributed by atoms with Crippen molar-refractivity contribution in [1.82, 2.24) is 0 Å². The van der Waals surface area contributed by atoms with Gasteiger partial charge in [-0.2, -0.15) is 0 Å². The third-order valence-corrected chi connectivity index (χ3v) is 7.06. The molecule has 7 heteroatoms. The molecule has 5 aromatic rings. The quantitative estimate of drug-likeness (QED) is 0.235. The SMILES string of the molecule is OCCOCCOc1ccc2c(ccc3sc4c5cccc(OCCOCCO)c5ccc4c32)c1. The van der Waals surface area contributed by atoms with Crippen molar-refractivity contribution < 1.29 is 29.2 Å². The zero-order chi connectivity index (χ0) is 24.0. The minimum Gasteiger partial charge on any atom is -0.491 e. The van der Waals surface area contributed by atoms with E-state index >= 15 is 0 Å². The summed E-state index contributed by atoms with van der Waals surface area (Å²) in [6.07, 6.45) is 0. The van der Waals surface area contributed by atoms with E-state index in [1.54, 1.807) is 11.3 Å². The zero-order valence-electron chi connectivity index (χ0n) is 19.4. The Balaban J connectivity index is 1.46. The fourth-order valence-electron chi connectivity index (χ4n) is 4.35.